The molecule has 0 spiro atoms. The molecule has 0 unspecified atom stereocenters. The number of nitrogens with one attached hydrogen (secondary N) is 2. The van der Waals surface area contributed by atoms with Crippen molar-refractivity contribution >= 4 is 29.3 Å². The highest BCUT2D eigenvalue weighted by atomic mass is 16.5. The molecule has 0 radical (unpaired) electrons. The van der Waals surface area contributed by atoms with Gasteiger partial charge in [-0.25, -0.2) is 4.79 Å². The van der Waals surface area contributed by atoms with E-state index in [2.05, 4.69) is 20.5 Å². The Balaban J connectivity index is 1.58. The van der Waals surface area contributed by atoms with Crippen LogP contribution in [-0.4, -0.2) is 34.7 Å². The fraction of sp³-hybridized carbons (Fsp3) is 0.182. The first kappa shape index (κ1) is 20.8. The maximum atomic E-state index is 12.5. The van der Waals surface area contributed by atoms with Gasteiger partial charge in [0, 0.05) is 25.2 Å². The molecule has 8 nitrogen and oxygen atoms in total. The third kappa shape index (κ3) is 5.32. The zero-order chi connectivity index (χ0) is 21.5. The van der Waals surface area contributed by atoms with Crippen molar-refractivity contribution in [2.75, 3.05) is 17.7 Å². The molecule has 3 aromatic rings. The Hall–Kier alpha value is -3.94. The number of rotatable bonds is 7. The first-order valence-corrected chi connectivity index (χ1v) is 9.34. The molecule has 0 aliphatic rings. The molecule has 2 amide bonds. The molecule has 0 saturated heterocycles. The van der Waals surface area contributed by atoms with Gasteiger partial charge < -0.3 is 15.4 Å². The first-order chi connectivity index (χ1) is 14.5. The number of benzene rings is 2. The molecule has 30 heavy (non-hydrogen) atoms. The van der Waals surface area contributed by atoms with Crippen molar-refractivity contribution in [3.05, 3.63) is 77.5 Å². The van der Waals surface area contributed by atoms with Gasteiger partial charge in [-0.3, -0.25) is 14.3 Å². The molecule has 0 saturated carbocycles. The van der Waals surface area contributed by atoms with Crippen LogP contribution >= 0.6 is 0 Å². The molecule has 2 N–H and O–H groups in total. The summed E-state index contributed by atoms with van der Waals surface area (Å²) in [5.41, 5.74) is 2.13. The second kappa shape index (κ2) is 9.51. The van der Waals surface area contributed by atoms with Crippen molar-refractivity contribution in [2.45, 2.75) is 12.8 Å². The Morgan fingerprint density at radius 1 is 1.00 bits per heavy atom. The maximum absolute atomic E-state index is 12.5. The summed E-state index contributed by atoms with van der Waals surface area (Å²) in [4.78, 5) is 36.2. The molecule has 0 aliphatic carbocycles. The van der Waals surface area contributed by atoms with Crippen LogP contribution in [0.3, 0.4) is 0 Å². The van der Waals surface area contributed by atoms with Crippen molar-refractivity contribution in [3.8, 4) is 0 Å². The fourth-order valence-electron chi connectivity index (χ4n) is 2.81. The average molecular weight is 406 g/mol. The highest BCUT2D eigenvalue weighted by Gasteiger charge is 2.15. The standard InChI is InChI=1S/C22H22N4O4/c1-26-19(24-20(27)13-8-15-6-4-3-5-7-15)14-18(25-26)21(28)23-17-11-9-16(10-12-17)22(29)30-2/h3-7,9-12,14H,8,13H2,1-2H3,(H,23,28)(H,24,27). The summed E-state index contributed by atoms with van der Waals surface area (Å²) in [6.45, 7) is 0. The van der Waals surface area contributed by atoms with E-state index in [9.17, 15) is 14.4 Å². The van der Waals surface area contributed by atoms with Crippen LogP contribution in [-0.2, 0) is 23.0 Å². The molecular weight excluding hydrogens is 384 g/mol. The normalized spacial score (nSPS) is 10.3. The Labute approximate surface area is 173 Å². The van der Waals surface area contributed by atoms with E-state index in [4.69, 9.17) is 0 Å². The van der Waals surface area contributed by atoms with Gasteiger partial charge in [0.15, 0.2) is 5.69 Å². The lowest BCUT2D eigenvalue weighted by Gasteiger charge is -2.05. The van der Waals surface area contributed by atoms with Crippen LogP contribution in [0.4, 0.5) is 11.5 Å². The van der Waals surface area contributed by atoms with E-state index in [1.54, 1.807) is 31.3 Å². The number of aryl methyl sites for hydroxylation is 2. The van der Waals surface area contributed by atoms with E-state index >= 15 is 0 Å². The summed E-state index contributed by atoms with van der Waals surface area (Å²) in [6, 6.07) is 17.5. The number of amides is 2. The summed E-state index contributed by atoms with van der Waals surface area (Å²) in [5.74, 6) is -0.613. The quantitative estimate of drug-likeness (QED) is 0.587. The first-order valence-electron chi connectivity index (χ1n) is 9.34. The molecule has 0 bridgehead atoms. The van der Waals surface area contributed by atoms with Crippen LogP contribution in [0.2, 0.25) is 0 Å². The number of carbonyl (C=O) groups is 3. The Kier molecular flexibility index (Phi) is 6.59. The van der Waals surface area contributed by atoms with Crippen LogP contribution in [0.15, 0.2) is 60.7 Å². The fourth-order valence-corrected chi connectivity index (χ4v) is 2.81. The van der Waals surface area contributed by atoms with Gasteiger partial charge in [-0.2, -0.15) is 5.10 Å². The number of nitrogens with zero attached hydrogens (tertiary/aromatic N) is 2. The maximum Gasteiger partial charge on any atom is 0.337 e. The van der Waals surface area contributed by atoms with Crippen molar-refractivity contribution in [3.63, 3.8) is 0 Å². The zero-order valence-corrected chi connectivity index (χ0v) is 16.7. The summed E-state index contributed by atoms with van der Waals surface area (Å²) >= 11 is 0. The molecule has 1 aromatic heterocycles. The Bertz CT molecular complexity index is 1040. The zero-order valence-electron chi connectivity index (χ0n) is 16.7. The van der Waals surface area contributed by atoms with E-state index < -0.39 is 11.9 Å². The second-order valence-electron chi connectivity index (χ2n) is 6.60. The SMILES string of the molecule is COC(=O)c1ccc(NC(=O)c2cc(NC(=O)CCc3ccccc3)n(C)n2)cc1. The number of ether oxygens (including phenoxy) is 1. The molecule has 3 rings (SSSR count). The van der Waals surface area contributed by atoms with Crippen molar-refractivity contribution in [1.82, 2.24) is 9.78 Å². The summed E-state index contributed by atoms with van der Waals surface area (Å²) in [5, 5.41) is 9.63. The molecule has 1 heterocycles. The van der Waals surface area contributed by atoms with Gasteiger partial charge in [-0.05, 0) is 36.2 Å². The lowest BCUT2D eigenvalue weighted by Crippen LogP contribution is -2.14. The van der Waals surface area contributed by atoms with Crippen molar-refractivity contribution in [1.29, 1.82) is 0 Å². The minimum atomic E-state index is -0.453. The van der Waals surface area contributed by atoms with E-state index in [-0.39, 0.29) is 11.6 Å². The minimum absolute atomic E-state index is 0.160. The van der Waals surface area contributed by atoms with Crippen LogP contribution in [0.25, 0.3) is 0 Å². The highest BCUT2D eigenvalue weighted by molar-refractivity contribution is 6.04. The van der Waals surface area contributed by atoms with E-state index in [1.165, 1.54) is 17.9 Å². The molecular formula is C22H22N4O4. The number of anilines is 2. The van der Waals surface area contributed by atoms with Gasteiger partial charge in [-0.1, -0.05) is 30.3 Å². The predicted octanol–water partition coefficient (Wildman–Crippen LogP) is 3.03. The van der Waals surface area contributed by atoms with Gasteiger partial charge >= 0.3 is 5.97 Å². The summed E-state index contributed by atoms with van der Waals surface area (Å²) in [6.07, 6.45) is 0.947. The topological polar surface area (TPSA) is 102 Å². The number of methoxy groups -OCH3 is 1. The van der Waals surface area contributed by atoms with Crippen molar-refractivity contribution in [2.24, 2.45) is 7.05 Å². The van der Waals surface area contributed by atoms with Gasteiger partial charge in [-0.15, -0.1) is 0 Å². The minimum Gasteiger partial charge on any atom is -0.465 e. The molecule has 0 atom stereocenters. The predicted molar refractivity (Wildman–Crippen MR) is 112 cm³/mol. The van der Waals surface area contributed by atoms with Gasteiger partial charge in [0.1, 0.15) is 5.82 Å². The summed E-state index contributed by atoms with van der Waals surface area (Å²) in [7, 11) is 2.95. The molecule has 0 aliphatic heterocycles. The third-order valence-electron chi connectivity index (χ3n) is 4.43. The number of esters is 1. The number of hydrogen-bond acceptors (Lipinski definition) is 5. The highest BCUT2D eigenvalue weighted by Crippen LogP contribution is 2.15. The van der Waals surface area contributed by atoms with E-state index in [0.717, 1.165) is 5.56 Å². The van der Waals surface area contributed by atoms with Crippen LogP contribution in [0, 0.1) is 0 Å². The third-order valence-corrected chi connectivity index (χ3v) is 4.43. The number of carbonyl (C=O) groups excluding carboxylic acids is 3. The van der Waals surface area contributed by atoms with E-state index in [1.807, 2.05) is 30.3 Å². The van der Waals surface area contributed by atoms with Crippen molar-refractivity contribution < 1.29 is 19.1 Å². The smallest absolute Gasteiger partial charge is 0.337 e. The monoisotopic (exact) mass is 406 g/mol. The van der Waals surface area contributed by atoms with Crippen LogP contribution in [0.1, 0.15) is 32.8 Å². The van der Waals surface area contributed by atoms with Gasteiger partial charge in [0.05, 0.1) is 12.7 Å². The second-order valence-corrected chi connectivity index (χ2v) is 6.60. The van der Waals surface area contributed by atoms with Crippen LogP contribution < -0.4 is 10.6 Å². The summed E-state index contributed by atoms with van der Waals surface area (Å²) < 4.78 is 6.08. The molecule has 0 fully saturated rings. The lowest BCUT2D eigenvalue weighted by atomic mass is 10.1. The molecule has 2 aromatic carbocycles. The van der Waals surface area contributed by atoms with Gasteiger partial charge in [0.2, 0.25) is 5.91 Å². The molecule has 8 heteroatoms. The molecule has 154 valence electrons. The van der Waals surface area contributed by atoms with E-state index in [0.29, 0.717) is 29.9 Å². The average Bonchev–Trinajstić information content (AvgIpc) is 3.13. The van der Waals surface area contributed by atoms with Crippen LogP contribution in [0.5, 0.6) is 0 Å². The Morgan fingerprint density at radius 3 is 2.37 bits per heavy atom. The largest absolute Gasteiger partial charge is 0.465 e. The lowest BCUT2D eigenvalue weighted by molar-refractivity contribution is -0.116. The number of aromatic nitrogens is 2. The Morgan fingerprint density at radius 2 is 1.70 bits per heavy atom. The number of hydrogen-bond donors (Lipinski definition) is 2. The van der Waals surface area contributed by atoms with Gasteiger partial charge in [0.25, 0.3) is 5.91 Å².